The zero-order valence-corrected chi connectivity index (χ0v) is 10.7. The van der Waals surface area contributed by atoms with Crippen LogP contribution in [-0.4, -0.2) is 43.8 Å². The van der Waals surface area contributed by atoms with Gasteiger partial charge in [0.2, 0.25) is 0 Å². The molecule has 2 heterocycles. The quantitative estimate of drug-likeness (QED) is 0.818. The molecular formula is C14H19FN2O. The van der Waals surface area contributed by atoms with Crippen LogP contribution in [0.4, 0.5) is 4.39 Å². The highest BCUT2D eigenvalue weighted by atomic mass is 19.1. The van der Waals surface area contributed by atoms with E-state index in [0.717, 1.165) is 38.2 Å². The number of ether oxygens (including phenoxy) is 1. The minimum absolute atomic E-state index is 0.0897. The predicted molar refractivity (Wildman–Crippen MR) is 67.9 cm³/mol. The summed E-state index contributed by atoms with van der Waals surface area (Å²) in [6, 6.07) is 6.95. The maximum absolute atomic E-state index is 13.4. The zero-order chi connectivity index (χ0) is 12.6. The van der Waals surface area contributed by atoms with Gasteiger partial charge in [-0.3, -0.25) is 0 Å². The Hall–Kier alpha value is -0.970. The van der Waals surface area contributed by atoms with Crippen molar-refractivity contribution < 1.29 is 9.13 Å². The van der Waals surface area contributed by atoms with Crippen LogP contribution < -0.4 is 5.32 Å². The van der Waals surface area contributed by atoms with Crippen LogP contribution in [0.25, 0.3) is 0 Å². The Labute approximate surface area is 107 Å². The molecule has 1 spiro atoms. The molecule has 0 amide bonds. The molecule has 0 bridgehead atoms. The molecule has 1 aromatic rings. The third-order valence-corrected chi connectivity index (χ3v) is 4.00. The molecule has 18 heavy (non-hydrogen) atoms. The summed E-state index contributed by atoms with van der Waals surface area (Å²) >= 11 is 0. The SMILES string of the molecule is CN1CCC2(C1)OCCNC2c1cccc(F)c1. The second kappa shape index (κ2) is 4.61. The van der Waals surface area contributed by atoms with Crippen molar-refractivity contribution in [1.82, 2.24) is 10.2 Å². The minimum Gasteiger partial charge on any atom is -0.370 e. The fourth-order valence-electron chi connectivity index (χ4n) is 3.18. The lowest BCUT2D eigenvalue weighted by Gasteiger charge is -2.42. The molecule has 98 valence electrons. The molecule has 0 aromatic heterocycles. The summed E-state index contributed by atoms with van der Waals surface area (Å²) in [5.74, 6) is -0.179. The van der Waals surface area contributed by atoms with Crippen molar-refractivity contribution in [2.24, 2.45) is 0 Å². The third kappa shape index (κ3) is 2.05. The zero-order valence-electron chi connectivity index (χ0n) is 10.7. The van der Waals surface area contributed by atoms with Gasteiger partial charge in [-0.25, -0.2) is 4.39 Å². The van der Waals surface area contributed by atoms with Gasteiger partial charge in [0.25, 0.3) is 0 Å². The van der Waals surface area contributed by atoms with E-state index in [-0.39, 0.29) is 17.5 Å². The lowest BCUT2D eigenvalue weighted by Crippen LogP contribution is -2.53. The van der Waals surface area contributed by atoms with Crippen molar-refractivity contribution in [3.8, 4) is 0 Å². The van der Waals surface area contributed by atoms with Crippen LogP contribution in [0.3, 0.4) is 0 Å². The lowest BCUT2D eigenvalue weighted by molar-refractivity contribution is -0.0890. The molecule has 0 saturated carbocycles. The van der Waals surface area contributed by atoms with Gasteiger partial charge in [-0.1, -0.05) is 12.1 Å². The van der Waals surface area contributed by atoms with Gasteiger partial charge in [0.05, 0.1) is 12.6 Å². The van der Waals surface area contributed by atoms with E-state index in [1.807, 2.05) is 6.07 Å². The van der Waals surface area contributed by atoms with E-state index < -0.39 is 0 Å². The molecular weight excluding hydrogens is 231 g/mol. The number of rotatable bonds is 1. The Morgan fingerprint density at radius 3 is 3.11 bits per heavy atom. The van der Waals surface area contributed by atoms with Gasteiger partial charge in [-0.05, 0) is 31.2 Å². The number of likely N-dealkylation sites (N-methyl/N-ethyl adjacent to an activating group) is 1. The standard InChI is InChI=1S/C14H19FN2O/c1-17-7-5-14(10-17)13(16-6-8-18-14)11-3-2-4-12(15)9-11/h2-4,9,13,16H,5-8,10H2,1H3. The van der Waals surface area contributed by atoms with E-state index in [1.165, 1.54) is 6.07 Å². The fourth-order valence-corrected chi connectivity index (χ4v) is 3.18. The normalized spacial score (nSPS) is 33.1. The number of benzene rings is 1. The van der Waals surface area contributed by atoms with Crippen LogP contribution in [0.15, 0.2) is 24.3 Å². The monoisotopic (exact) mass is 250 g/mol. The summed E-state index contributed by atoms with van der Waals surface area (Å²) in [5, 5.41) is 3.50. The Bertz CT molecular complexity index is 436. The van der Waals surface area contributed by atoms with E-state index in [0.29, 0.717) is 0 Å². The van der Waals surface area contributed by atoms with Crippen molar-refractivity contribution in [1.29, 1.82) is 0 Å². The highest BCUT2D eigenvalue weighted by Crippen LogP contribution is 2.38. The summed E-state index contributed by atoms with van der Waals surface area (Å²) in [5.41, 5.74) is 0.797. The fraction of sp³-hybridized carbons (Fsp3) is 0.571. The molecule has 2 fully saturated rings. The topological polar surface area (TPSA) is 24.5 Å². The molecule has 3 nitrogen and oxygen atoms in total. The van der Waals surface area contributed by atoms with Crippen molar-refractivity contribution in [3.63, 3.8) is 0 Å². The van der Waals surface area contributed by atoms with Gasteiger partial charge in [0, 0.05) is 19.6 Å². The first-order valence-corrected chi connectivity index (χ1v) is 6.51. The van der Waals surface area contributed by atoms with Crippen LogP contribution in [0.5, 0.6) is 0 Å². The van der Waals surface area contributed by atoms with Gasteiger partial charge in [0.15, 0.2) is 0 Å². The summed E-state index contributed by atoms with van der Waals surface area (Å²) in [7, 11) is 2.11. The molecule has 3 rings (SSSR count). The number of likely N-dealkylation sites (tertiary alicyclic amines) is 1. The maximum Gasteiger partial charge on any atom is 0.123 e. The van der Waals surface area contributed by atoms with Crippen LogP contribution in [-0.2, 0) is 4.74 Å². The number of nitrogens with zero attached hydrogens (tertiary/aromatic N) is 1. The number of nitrogens with one attached hydrogen (secondary N) is 1. The Morgan fingerprint density at radius 1 is 1.50 bits per heavy atom. The Morgan fingerprint density at radius 2 is 2.39 bits per heavy atom. The van der Waals surface area contributed by atoms with Gasteiger partial charge in [-0.15, -0.1) is 0 Å². The first-order chi connectivity index (χ1) is 8.70. The van der Waals surface area contributed by atoms with Gasteiger partial charge >= 0.3 is 0 Å². The van der Waals surface area contributed by atoms with Crippen molar-refractivity contribution >= 4 is 0 Å². The molecule has 2 aliphatic heterocycles. The van der Waals surface area contributed by atoms with E-state index in [9.17, 15) is 4.39 Å². The molecule has 1 aromatic carbocycles. The number of hydrogen-bond donors (Lipinski definition) is 1. The van der Waals surface area contributed by atoms with E-state index in [2.05, 4.69) is 17.3 Å². The largest absolute Gasteiger partial charge is 0.370 e. The highest BCUT2D eigenvalue weighted by molar-refractivity contribution is 5.25. The van der Waals surface area contributed by atoms with E-state index in [1.54, 1.807) is 12.1 Å². The Balaban J connectivity index is 1.93. The minimum atomic E-state index is -0.194. The van der Waals surface area contributed by atoms with Gasteiger partial charge in [-0.2, -0.15) is 0 Å². The van der Waals surface area contributed by atoms with Crippen molar-refractivity contribution in [3.05, 3.63) is 35.6 Å². The molecule has 4 heteroatoms. The molecule has 2 saturated heterocycles. The van der Waals surface area contributed by atoms with Crippen LogP contribution >= 0.6 is 0 Å². The van der Waals surface area contributed by atoms with Crippen LogP contribution in [0.2, 0.25) is 0 Å². The van der Waals surface area contributed by atoms with E-state index >= 15 is 0 Å². The summed E-state index contributed by atoms with van der Waals surface area (Å²) in [6.45, 7) is 3.50. The molecule has 0 radical (unpaired) electrons. The second-order valence-electron chi connectivity index (χ2n) is 5.34. The summed E-state index contributed by atoms with van der Waals surface area (Å²) in [4.78, 5) is 2.28. The first kappa shape index (κ1) is 12.1. The number of hydrogen-bond acceptors (Lipinski definition) is 3. The van der Waals surface area contributed by atoms with Crippen molar-refractivity contribution in [2.45, 2.75) is 18.1 Å². The van der Waals surface area contributed by atoms with Crippen LogP contribution in [0.1, 0.15) is 18.0 Å². The number of morpholine rings is 1. The molecule has 2 aliphatic rings. The molecule has 2 unspecified atom stereocenters. The average molecular weight is 250 g/mol. The molecule has 1 N–H and O–H groups in total. The van der Waals surface area contributed by atoms with Gasteiger partial charge < -0.3 is 15.0 Å². The molecule has 2 atom stereocenters. The predicted octanol–water partition coefficient (Wildman–Crippen LogP) is 1.56. The third-order valence-electron chi connectivity index (χ3n) is 4.00. The van der Waals surface area contributed by atoms with Gasteiger partial charge in [0.1, 0.15) is 11.4 Å². The van der Waals surface area contributed by atoms with Crippen LogP contribution in [0, 0.1) is 5.82 Å². The summed E-state index contributed by atoms with van der Waals surface area (Å²) < 4.78 is 19.5. The molecule has 0 aliphatic carbocycles. The van der Waals surface area contributed by atoms with E-state index in [4.69, 9.17) is 4.74 Å². The summed E-state index contributed by atoms with van der Waals surface area (Å²) in [6.07, 6.45) is 0.998. The maximum atomic E-state index is 13.4. The van der Waals surface area contributed by atoms with Crippen molar-refractivity contribution in [2.75, 3.05) is 33.3 Å². The second-order valence-corrected chi connectivity index (χ2v) is 5.34. The smallest absolute Gasteiger partial charge is 0.123 e. The lowest BCUT2D eigenvalue weighted by atomic mass is 9.86. The number of halogens is 1. The average Bonchev–Trinajstić information content (AvgIpc) is 2.72. The Kier molecular flexibility index (Phi) is 3.09. The first-order valence-electron chi connectivity index (χ1n) is 6.51. The highest BCUT2D eigenvalue weighted by Gasteiger charge is 2.47.